The number of nitrogens with one attached hydrogen (secondary N) is 1. The van der Waals surface area contributed by atoms with Crippen molar-refractivity contribution in [2.24, 2.45) is 4.99 Å². The molecule has 4 nitrogen and oxygen atoms in total. The smallest absolute Gasteiger partial charge is 0.330 e. The van der Waals surface area contributed by atoms with Gasteiger partial charge in [-0.3, -0.25) is 4.90 Å². The average molecular weight is 323 g/mol. The molecular formula is C14H15BrN2O2. The second kappa shape index (κ2) is 7.66. The third-order valence-corrected chi connectivity index (χ3v) is 2.62. The fraction of sp³-hybridized carbons (Fsp3) is 0.143. The van der Waals surface area contributed by atoms with Gasteiger partial charge in [-0.25, -0.2) is 9.79 Å². The van der Waals surface area contributed by atoms with Crippen LogP contribution in [0.2, 0.25) is 0 Å². The maximum atomic E-state index is 10.9. The number of quaternary nitrogens is 1. The van der Waals surface area contributed by atoms with Crippen LogP contribution in [0.3, 0.4) is 0 Å². The van der Waals surface area contributed by atoms with E-state index in [2.05, 4.69) is 9.73 Å². The molecule has 0 saturated carbocycles. The van der Waals surface area contributed by atoms with Gasteiger partial charge in [0.15, 0.2) is 6.34 Å². The van der Waals surface area contributed by atoms with Gasteiger partial charge in [-0.15, -0.1) is 0 Å². The fourth-order valence-corrected chi connectivity index (χ4v) is 1.64. The molecule has 1 aromatic carbocycles. The summed E-state index contributed by atoms with van der Waals surface area (Å²) in [6.07, 6.45) is 8.81. The molecule has 0 bridgehead atoms. The zero-order valence-corrected chi connectivity index (χ0v) is 12.1. The molecule has 1 N–H and O–H groups in total. The summed E-state index contributed by atoms with van der Waals surface area (Å²) >= 11 is 0. The summed E-state index contributed by atoms with van der Waals surface area (Å²) < 4.78 is 4.53. The largest absolute Gasteiger partial charge is 1.00 e. The van der Waals surface area contributed by atoms with Crippen molar-refractivity contribution in [1.29, 1.82) is 0 Å². The van der Waals surface area contributed by atoms with Crippen LogP contribution < -0.4 is 21.9 Å². The van der Waals surface area contributed by atoms with E-state index in [1.54, 1.807) is 12.3 Å². The molecule has 0 aromatic heterocycles. The quantitative estimate of drug-likeness (QED) is 0.504. The van der Waals surface area contributed by atoms with Gasteiger partial charge in [0.25, 0.3) is 0 Å². The molecule has 0 radical (unpaired) electrons. The number of aliphatic imine (C=N–C) groups is 1. The van der Waals surface area contributed by atoms with Crippen LogP contribution in [0.25, 0.3) is 6.08 Å². The van der Waals surface area contributed by atoms with Gasteiger partial charge in [-0.05, 0) is 11.6 Å². The van der Waals surface area contributed by atoms with Crippen LogP contribution in [0.5, 0.6) is 0 Å². The van der Waals surface area contributed by atoms with Gasteiger partial charge in [0.05, 0.1) is 13.3 Å². The highest BCUT2D eigenvalue weighted by Crippen LogP contribution is 2.05. The van der Waals surface area contributed by atoms with Crippen molar-refractivity contribution in [3.05, 3.63) is 53.9 Å². The molecule has 0 amide bonds. The van der Waals surface area contributed by atoms with Gasteiger partial charge in [-0.1, -0.05) is 24.3 Å². The molecule has 1 aliphatic rings. The van der Waals surface area contributed by atoms with E-state index in [1.807, 2.05) is 36.8 Å². The number of nitrogens with zero attached hydrogens (tertiary/aromatic N) is 1. The molecular weight excluding hydrogens is 308 g/mol. The minimum atomic E-state index is -0.345. The van der Waals surface area contributed by atoms with Crippen LogP contribution >= 0.6 is 0 Å². The molecule has 0 fully saturated rings. The van der Waals surface area contributed by atoms with Crippen LogP contribution in [-0.4, -0.2) is 19.4 Å². The van der Waals surface area contributed by atoms with Crippen molar-refractivity contribution >= 4 is 18.4 Å². The van der Waals surface area contributed by atoms with Crippen LogP contribution in [-0.2, 0) is 16.1 Å². The number of carbonyl (C=O) groups is 1. The van der Waals surface area contributed by atoms with Crippen molar-refractivity contribution in [3.8, 4) is 0 Å². The van der Waals surface area contributed by atoms with Gasteiger partial charge in [0.2, 0.25) is 0 Å². The summed E-state index contributed by atoms with van der Waals surface area (Å²) in [6, 6.07) is 8.05. The molecule has 19 heavy (non-hydrogen) atoms. The van der Waals surface area contributed by atoms with E-state index < -0.39 is 0 Å². The fourth-order valence-electron chi connectivity index (χ4n) is 1.64. The van der Waals surface area contributed by atoms with E-state index in [-0.39, 0.29) is 23.0 Å². The monoisotopic (exact) mass is 322 g/mol. The summed E-state index contributed by atoms with van der Waals surface area (Å²) in [5, 5.41) is 0. The van der Waals surface area contributed by atoms with E-state index >= 15 is 0 Å². The van der Waals surface area contributed by atoms with Gasteiger partial charge >= 0.3 is 5.97 Å². The summed E-state index contributed by atoms with van der Waals surface area (Å²) in [5.74, 6) is -0.345. The number of methoxy groups -OCH3 is 1. The standard InChI is InChI=1S/C14H14N2O2.BrH/c1-18-14(17)7-6-12-2-4-13(5-3-12)10-16-9-8-15-11-16;/h2-9,11H,10H2,1H3;1H/b7-6+;. The Labute approximate surface area is 122 Å². The third-order valence-electron chi connectivity index (χ3n) is 2.62. The third kappa shape index (κ3) is 4.81. The molecule has 5 heteroatoms. The molecule has 1 aromatic rings. The zero-order valence-electron chi connectivity index (χ0n) is 10.5. The summed E-state index contributed by atoms with van der Waals surface area (Å²) in [6.45, 7) is 0.876. The summed E-state index contributed by atoms with van der Waals surface area (Å²) in [4.78, 5) is 16.2. The Morgan fingerprint density at radius 2 is 2.11 bits per heavy atom. The van der Waals surface area contributed by atoms with Crippen molar-refractivity contribution in [3.63, 3.8) is 0 Å². The van der Waals surface area contributed by atoms with E-state index in [4.69, 9.17) is 0 Å². The highest BCUT2D eigenvalue weighted by atomic mass is 79.9. The van der Waals surface area contributed by atoms with Gasteiger partial charge < -0.3 is 21.7 Å². The number of halogens is 1. The van der Waals surface area contributed by atoms with E-state index in [9.17, 15) is 4.79 Å². The normalized spacial score (nSPS) is 16.6. The maximum absolute atomic E-state index is 10.9. The van der Waals surface area contributed by atoms with Gasteiger partial charge in [0, 0.05) is 11.6 Å². The number of benzene rings is 1. The van der Waals surface area contributed by atoms with Crippen LogP contribution in [0.1, 0.15) is 11.1 Å². The van der Waals surface area contributed by atoms with E-state index in [0.29, 0.717) is 0 Å². The maximum Gasteiger partial charge on any atom is 0.330 e. The van der Waals surface area contributed by atoms with Crippen molar-refractivity contribution in [1.82, 2.24) is 0 Å². The summed E-state index contributed by atoms with van der Waals surface area (Å²) in [7, 11) is 1.36. The predicted octanol–water partition coefficient (Wildman–Crippen LogP) is -2.23. The van der Waals surface area contributed by atoms with Crippen molar-refractivity contribution < 1.29 is 31.4 Å². The number of hydrogen-bond donors (Lipinski definition) is 1. The average Bonchev–Trinajstić information content (AvgIpc) is 2.90. The number of carbonyl (C=O) groups excluding carboxylic acids is 1. The number of ether oxygens (including phenoxy) is 1. The van der Waals surface area contributed by atoms with Crippen LogP contribution in [0.15, 0.2) is 47.7 Å². The zero-order chi connectivity index (χ0) is 12.8. The molecule has 1 unspecified atom stereocenters. The Kier molecular flexibility index (Phi) is 6.18. The van der Waals surface area contributed by atoms with Crippen LogP contribution in [0, 0.1) is 0 Å². The lowest BCUT2D eigenvalue weighted by Gasteiger charge is -2.05. The molecule has 1 aliphatic heterocycles. The topological polar surface area (TPSA) is 43.1 Å². The SMILES string of the molecule is COC(=O)/C=C/c1ccc(C[NH+]2C=CN=C2)cc1.[Br-]. The second-order valence-corrected chi connectivity index (χ2v) is 3.94. The first kappa shape index (κ1) is 15.3. The highest BCUT2D eigenvalue weighted by molar-refractivity contribution is 5.86. The second-order valence-electron chi connectivity index (χ2n) is 3.94. The Balaban J connectivity index is 0.00000180. The predicted molar refractivity (Wildman–Crippen MR) is 69.8 cm³/mol. The first-order valence-corrected chi connectivity index (χ1v) is 5.68. The molecule has 2 rings (SSSR count). The molecule has 1 heterocycles. The highest BCUT2D eigenvalue weighted by Gasteiger charge is 2.06. The Morgan fingerprint density at radius 1 is 1.37 bits per heavy atom. The van der Waals surface area contributed by atoms with Crippen molar-refractivity contribution in [2.75, 3.05) is 7.11 Å². The lowest BCUT2D eigenvalue weighted by atomic mass is 10.1. The minimum absolute atomic E-state index is 0. The minimum Gasteiger partial charge on any atom is -1.00 e. The lowest BCUT2D eigenvalue weighted by molar-refractivity contribution is -0.752. The Morgan fingerprint density at radius 3 is 2.68 bits per heavy atom. The Bertz CT molecular complexity index is 495. The van der Waals surface area contributed by atoms with E-state index in [1.165, 1.54) is 23.6 Å². The number of hydrogen-bond acceptors (Lipinski definition) is 3. The molecule has 0 saturated heterocycles. The lowest BCUT2D eigenvalue weighted by Crippen LogP contribution is -3.04. The van der Waals surface area contributed by atoms with Crippen LogP contribution in [0.4, 0.5) is 0 Å². The number of rotatable bonds is 4. The summed E-state index contributed by atoms with van der Waals surface area (Å²) in [5.41, 5.74) is 2.20. The first-order valence-electron chi connectivity index (χ1n) is 5.68. The Hall–Kier alpha value is -1.72. The van der Waals surface area contributed by atoms with E-state index in [0.717, 1.165) is 12.1 Å². The molecule has 0 spiro atoms. The molecule has 1 atom stereocenters. The van der Waals surface area contributed by atoms with Crippen molar-refractivity contribution in [2.45, 2.75) is 6.54 Å². The molecule has 0 aliphatic carbocycles. The van der Waals surface area contributed by atoms with Gasteiger partial charge in [-0.2, -0.15) is 0 Å². The molecule has 100 valence electrons. The first-order chi connectivity index (χ1) is 8.78. The number of esters is 1. The van der Waals surface area contributed by atoms with Gasteiger partial charge in [0.1, 0.15) is 12.7 Å².